The van der Waals surface area contributed by atoms with Crippen molar-refractivity contribution in [2.75, 3.05) is 6.26 Å². The molecule has 0 unspecified atom stereocenters. The van der Waals surface area contributed by atoms with E-state index in [-0.39, 0.29) is 58.7 Å². The van der Waals surface area contributed by atoms with Gasteiger partial charge in [0.2, 0.25) is 0 Å². The van der Waals surface area contributed by atoms with E-state index in [1.54, 1.807) is 0 Å². The summed E-state index contributed by atoms with van der Waals surface area (Å²) in [5.41, 5.74) is 4.99. The van der Waals surface area contributed by atoms with Crippen LogP contribution < -0.4 is 0 Å². The third kappa shape index (κ3) is 11.7. The van der Waals surface area contributed by atoms with Gasteiger partial charge in [0.1, 0.15) is 0 Å². The first-order chi connectivity index (χ1) is 6.88. The van der Waals surface area contributed by atoms with Gasteiger partial charge in [0.05, 0.1) is 0 Å². The predicted molar refractivity (Wildman–Crippen MR) is 73.9 cm³/mol. The van der Waals surface area contributed by atoms with Crippen molar-refractivity contribution in [1.82, 2.24) is 0 Å². The largest absolute Gasteiger partial charge is 2.00 e. The summed E-state index contributed by atoms with van der Waals surface area (Å²) in [6.07, 6.45) is 2.71. The molecule has 0 fully saturated rings. The number of nitrogens with zero attached hydrogens (tertiary/aromatic N) is 1. The molecule has 0 heterocycles. The van der Waals surface area contributed by atoms with E-state index < -0.39 is 0 Å². The molecule has 0 atom stereocenters. The Morgan fingerprint density at radius 2 is 1.82 bits per heavy atom. The second kappa shape index (κ2) is 19.3. The molecule has 0 spiro atoms. The maximum atomic E-state index is 4.17. The zero-order chi connectivity index (χ0) is 10.8. The third-order valence-electron chi connectivity index (χ3n) is 1.52. The van der Waals surface area contributed by atoms with E-state index in [1.165, 1.54) is 17.3 Å². The smallest absolute Gasteiger partial charge is 0.445 e. The first-order valence-corrected chi connectivity index (χ1v) is 5.97. The summed E-state index contributed by atoms with van der Waals surface area (Å²) >= 11 is 1.48. The van der Waals surface area contributed by atoms with E-state index in [2.05, 4.69) is 17.5 Å². The number of para-hydroxylation sites is 1. The Morgan fingerprint density at radius 3 is 2.29 bits per heavy atom. The second-order valence-corrected chi connectivity index (χ2v) is 2.88. The Morgan fingerprint density at radius 1 is 1.29 bits per heavy atom. The molecular weight excluding hydrogens is 342 g/mol. The molecule has 4 heteroatoms. The Hall–Kier alpha value is 0.928. The number of rotatable bonds is 3. The van der Waals surface area contributed by atoms with Crippen molar-refractivity contribution in [2.24, 2.45) is 4.99 Å². The van der Waals surface area contributed by atoms with Crippen LogP contribution in [0, 0.1) is 14.4 Å². The number of benzene rings is 1. The molecule has 1 nitrogen and oxygen atoms in total. The predicted octanol–water partition coefficient (Wildman–Crippen LogP) is 4.43. The first kappa shape index (κ1) is 26.5. The molecule has 17 heavy (non-hydrogen) atoms. The fourth-order valence-electron chi connectivity index (χ4n) is 0.926. The van der Waals surface area contributed by atoms with Crippen molar-refractivity contribution in [3.63, 3.8) is 0 Å². The van der Waals surface area contributed by atoms with E-state index in [0.717, 1.165) is 12.1 Å². The average Bonchev–Trinajstić information content (AvgIpc) is 2.29. The average molecular weight is 362 g/mol. The van der Waals surface area contributed by atoms with Gasteiger partial charge in [-0.15, -0.1) is 17.2 Å². The van der Waals surface area contributed by atoms with Crippen molar-refractivity contribution < 1.29 is 51.3 Å². The summed E-state index contributed by atoms with van der Waals surface area (Å²) in [4.78, 5) is 4.17. The molecule has 0 aromatic heterocycles. The van der Waals surface area contributed by atoms with E-state index >= 15 is 0 Å². The monoisotopic (exact) mass is 362 g/mol. The van der Waals surface area contributed by atoms with E-state index in [9.17, 15) is 0 Å². The molecule has 0 amide bonds. The van der Waals surface area contributed by atoms with Gasteiger partial charge >= 0.3 is 18.6 Å². The fourth-order valence-corrected chi connectivity index (χ4v) is 1.12. The van der Waals surface area contributed by atoms with Gasteiger partial charge in [-0.1, -0.05) is 37.7 Å². The molecule has 1 rings (SSSR count). The molecule has 0 bridgehead atoms. The van der Waals surface area contributed by atoms with Crippen molar-refractivity contribution in [3.05, 3.63) is 44.2 Å². The molecular formula is C13H20NSVY-. The molecule has 0 saturated heterocycles. The molecule has 0 aliphatic rings. The standard InChI is InChI=1S/C10H11NS.C2H6.CH3.V.Y/c1-3-9-6-4-5-7-10(9)11-8-12-2;1-2;;;/h4-7H,1,3H2,2H3;1-2H3;1H3;;/q-2;;-1;+2;. The van der Waals surface area contributed by atoms with Gasteiger partial charge in [-0.3, -0.25) is 0 Å². The normalized spacial score (nSPS) is 8.00. The molecule has 0 N–H and O–H groups in total. The van der Waals surface area contributed by atoms with E-state index in [1.807, 2.05) is 44.4 Å². The maximum Gasteiger partial charge on any atom is 2.00 e. The van der Waals surface area contributed by atoms with Crippen LogP contribution in [-0.2, 0) is 57.7 Å². The molecule has 2 radical (unpaired) electrons. The Balaban J connectivity index is -0.000000160. The topological polar surface area (TPSA) is 12.4 Å². The van der Waals surface area contributed by atoms with Crippen LogP contribution >= 0.6 is 11.8 Å². The van der Waals surface area contributed by atoms with Gasteiger partial charge in [-0.2, -0.15) is 6.42 Å². The maximum absolute atomic E-state index is 4.17. The number of thioether (sulfide) groups is 1. The number of hydrogen-bond acceptors (Lipinski definition) is 2. The quantitative estimate of drug-likeness (QED) is 0.440. The van der Waals surface area contributed by atoms with Crippen molar-refractivity contribution in [1.29, 1.82) is 0 Å². The minimum Gasteiger partial charge on any atom is -0.445 e. The van der Waals surface area contributed by atoms with Crippen LogP contribution in [0.15, 0.2) is 29.3 Å². The Bertz CT molecular complexity index is 280. The summed E-state index contributed by atoms with van der Waals surface area (Å²) in [6.45, 7) is 7.83. The van der Waals surface area contributed by atoms with Crippen molar-refractivity contribution in [2.45, 2.75) is 20.3 Å². The van der Waals surface area contributed by atoms with E-state index in [4.69, 9.17) is 0 Å². The second-order valence-electron chi connectivity index (χ2n) is 2.29. The van der Waals surface area contributed by atoms with E-state index in [0.29, 0.717) is 0 Å². The van der Waals surface area contributed by atoms with Gasteiger partial charge in [0, 0.05) is 32.7 Å². The first-order valence-electron chi connectivity index (χ1n) is 4.74. The van der Waals surface area contributed by atoms with Crippen LogP contribution in [0.3, 0.4) is 0 Å². The minimum absolute atomic E-state index is 0. The zero-order valence-corrected chi connectivity index (χ0v) is 16.2. The summed E-state index contributed by atoms with van der Waals surface area (Å²) in [7, 11) is 0. The molecule has 1 aromatic rings. The zero-order valence-electron chi connectivity index (χ0n) is 11.1. The van der Waals surface area contributed by atoms with Crippen LogP contribution in [0.4, 0.5) is 5.69 Å². The molecule has 0 aliphatic heterocycles. The van der Waals surface area contributed by atoms with Gasteiger partial charge < -0.3 is 19.3 Å². The van der Waals surface area contributed by atoms with Crippen LogP contribution in [0.1, 0.15) is 19.4 Å². The summed E-state index contributed by atoms with van der Waals surface area (Å²) in [6, 6.07) is 7.98. The number of hydrogen-bond donors (Lipinski definition) is 0. The van der Waals surface area contributed by atoms with Gasteiger partial charge in [-0.05, 0) is 6.26 Å². The van der Waals surface area contributed by atoms with Crippen LogP contribution in [0.5, 0.6) is 0 Å². The van der Waals surface area contributed by atoms with Crippen LogP contribution in [0.2, 0.25) is 0 Å². The van der Waals surface area contributed by atoms with Crippen LogP contribution in [0.25, 0.3) is 0 Å². The summed E-state index contributed by atoms with van der Waals surface area (Å²) < 4.78 is 0. The molecule has 0 saturated carbocycles. The molecule has 0 aliphatic carbocycles. The number of aliphatic imine (C=N–C) groups is 1. The van der Waals surface area contributed by atoms with Crippen LogP contribution in [-0.4, -0.2) is 11.8 Å². The van der Waals surface area contributed by atoms with Gasteiger partial charge in [-0.25, -0.2) is 11.8 Å². The van der Waals surface area contributed by atoms with Crippen molar-refractivity contribution in [3.8, 4) is 0 Å². The Labute approximate surface area is 148 Å². The SMILES string of the molecule is CC.[CH2-]Cc1ccccc1N=[C-]SC.[CH3-].[V+2].[Y]. The molecule has 1 aromatic carbocycles. The van der Waals surface area contributed by atoms with Gasteiger partial charge in [0.25, 0.3) is 0 Å². The third-order valence-corrected chi connectivity index (χ3v) is 1.79. The summed E-state index contributed by atoms with van der Waals surface area (Å²) in [5, 5.41) is 0. The summed E-state index contributed by atoms with van der Waals surface area (Å²) in [5.74, 6) is 0. The Kier molecular flexibility index (Phi) is 30.0. The molecule has 92 valence electrons. The fraction of sp³-hybridized carbons (Fsp3) is 0.308. The minimum atomic E-state index is 0. The van der Waals surface area contributed by atoms with Gasteiger partial charge in [0.15, 0.2) is 0 Å². The van der Waals surface area contributed by atoms with Crippen molar-refractivity contribution >= 4 is 23.0 Å².